The third-order valence-corrected chi connectivity index (χ3v) is 9.61. The van der Waals surface area contributed by atoms with Gasteiger partial charge in [0.1, 0.15) is 0 Å². The Morgan fingerprint density at radius 3 is 1.86 bits per heavy atom. The summed E-state index contributed by atoms with van der Waals surface area (Å²) in [6, 6.07) is 53.1. The van der Waals surface area contributed by atoms with E-state index in [4.69, 9.17) is 13.1 Å². The van der Waals surface area contributed by atoms with Crippen molar-refractivity contribution in [3.8, 4) is 39.7 Å². The Morgan fingerprint density at radius 1 is 0.500 bits per heavy atom. The average molecular weight is 636 g/mol. The van der Waals surface area contributed by atoms with E-state index in [1.807, 2.05) is 78.9 Å². The van der Waals surface area contributed by atoms with Gasteiger partial charge in [0, 0.05) is 21.8 Å². The lowest BCUT2D eigenvalue weighted by Gasteiger charge is -2.18. The summed E-state index contributed by atoms with van der Waals surface area (Å²) in [6.07, 6.45) is 0. The molecule has 0 saturated heterocycles. The molecule has 2 aromatic heterocycles. The summed E-state index contributed by atoms with van der Waals surface area (Å²) < 4.78 is 4.42. The SMILES string of the molecule is [C-]#[N+]c1cccc(-c2ccc(-n3c4ccccc4c4cccc([N+]#[C-])c43)cc2)c1-c1ccccc1-n1c2ccccc2c2cc(C#N)ccc21. The van der Waals surface area contributed by atoms with Gasteiger partial charge in [-0.15, -0.1) is 0 Å². The van der Waals surface area contributed by atoms with Crippen LogP contribution in [0.2, 0.25) is 0 Å². The first-order chi connectivity index (χ1) is 24.7. The third-order valence-electron chi connectivity index (χ3n) is 9.61. The van der Waals surface area contributed by atoms with Crippen LogP contribution in [0.5, 0.6) is 0 Å². The molecule has 0 N–H and O–H groups in total. The van der Waals surface area contributed by atoms with Crippen LogP contribution in [0.25, 0.3) is 86.9 Å². The smallest absolute Gasteiger partial charge is 0.211 e. The van der Waals surface area contributed by atoms with Crippen molar-refractivity contribution in [2.24, 2.45) is 0 Å². The molecule has 5 nitrogen and oxygen atoms in total. The zero-order valence-corrected chi connectivity index (χ0v) is 26.7. The van der Waals surface area contributed by atoms with E-state index in [9.17, 15) is 5.26 Å². The van der Waals surface area contributed by atoms with Crippen LogP contribution in [0, 0.1) is 24.5 Å². The molecule has 0 fully saturated rings. The van der Waals surface area contributed by atoms with Gasteiger partial charge in [0.05, 0.1) is 52.5 Å². The molecule has 0 bridgehead atoms. The molecule has 0 aliphatic carbocycles. The quantitative estimate of drug-likeness (QED) is 0.177. The largest absolute Gasteiger partial charge is 0.319 e. The van der Waals surface area contributed by atoms with Crippen LogP contribution in [-0.4, -0.2) is 9.13 Å². The normalized spacial score (nSPS) is 11.1. The van der Waals surface area contributed by atoms with Crippen molar-refractivity contribution in [3.05, 3.63) is 180 Å². The van der Waals surface area contributed by atoms with Crippen LogP contribution in [0.3, 0.4) is 0 Å². The molecule has 9 aromatic rings. The molecule has 0 aliphatic rings. The Morgan fingerprint density at radius 2 is 1.10 bits per heavy atom. The highest BCUT2D eigenvalue weighted by atomic mass is 15.0. The fraction of sp³-hybridized carbons (Fsp3) is 0. The summed E-state index contributed by atoms with van der Waals surface area (Å²) in [7, 11) is 0. The summed E-state index contributed by atoms with van der Waals surface area (Å²) in [5.74, 6) is 0. The number of aromatic nitrogens is 2. The van der Waals surface area contributed by atoms with E-state index >= 15 is 0 Å². The summed E-state index contributed by atoms with van der Waals surface area (Å²) in [5, 5.41) is 13.9. The number of hydrogen-bond donors (Lipinski definition) is 0. The molecule has 0 spiro atoms. The standard InChI is InChI=1S/C45H25N5/c1-47-38-16-9-14-32(30-22-24-31(25-23-30)49-40-18-6-3-11-33(40)35-15-10-17-39(48-2)45(35)49)44(38)36-13-5-8-20-42(36)50-41-19-7-4-12-34(41)37-27-29(28-46)21-26-43(37)50/h3-27H. The van der Waals surface area contributed by atoms with E-state index in [0.29, 0.717) is 16.9 Å². The molecule has 0 saturated carbocycles. The molecule has 9 rings (SSSR count). The predicted octanol–water partition coefficient (Wildman–Crippen LogP) is 12.2. The lowest BCUT2D eigenvalue weighted by Crippen LogP contribution is -1.98. The molecule has 2 heterocycles. The second-order valence-electron chi connectivity index (χ2n) is 12.2. The average Bonchev–Trinajstić information content (AvgIpc) is 3.70. The molecule has 0 atom stereocenters. The topological polar surface area (TPSA) is 42.4 Å². The fourth-order valence-corrected chi connectivity index (χ4v) is 7.49. The van der Waals surface area contributed by atoms with E-state index in [0.717, 1.165) is 77.2 Å². The Labute approximate surface area is 288 Å². The van der Waals surface area contributed by atoms with Crippen molar-refractivity contribution in [2.75, 3.05) is 0 Å². The lowest BCUT2D eigenvalue weighted by atomic mass is 9.92. The van der Waals surface area contributed by atoms with Crippen molar-refractivity contribution >= 4 is 55.0 Å². The minimum absolute atomic E-state index is 0.565. The van der Waals surface area contributed by atoms with Gasteiger partial charge in [-0.3, -0.25) is 0 Å². The maximum absolute atomic E-state index is 9.67. The van der Waals surface area contributed by atoms with E-state index in [1.54, 1.807) is 0 Å². The van der Waals surface area contributed by atoms with Crippen LogP contribution in [-0.2, 0) is 0 Å². The van der Waals surface area contributed by atoms with E-state index in [2.05, 4.69) is 97.7 Å². The van der Waals surface area contributed by atoms with Crippen LogP contribution in [0.15, 0.2) is 152 Å². The molecular formula is C45H25N5. The summed E-state index contributed by atoms with van der Waals surface area (Å²) in [4.78, 5) is 7.89. The van der Waals surface area contributed by atoms with Gasteiger partial charge in [-0.25, -0.2) is 9.69 Å². The molecule has 0 aliphatic heterocycles. The molecule has 50 heavy (non-hydrogen) atoms. The Kier molecular flexibility index (Phi) is 6.56. The molecule has 0 unspecified atom stereocenters. The summed E-state index contributed by atoms with van der Waals surface area (Å²) in [6.45, 7) is 16.1. The summed E-state index contributed by atoms with van der Waals surface area (Å²) in [5.41, 5.74) is 11.4. The lowest BCUT2D eigenvalue weighted by molar-refractivity contribution is 1.18. The van der Waals surface area contributed by atoms with Crippen molar-refractivity contribution in [3.63, 3.8) is 0 Å². The first-order valence-corrected chi connectivity index (χ1v) is 16.2. The van der Waals surface area contributed by atoms with E-state index in [1.165, 1.54) is 0 Å². The van der Waals surface area contributed by atoms with Crippen LogP contribution in [0.1, 0.15) is 5.56 Å². The van der Waals surface area contributed by atoms with Crippen molar-refractivity contribution in [1.82, 2.24) is 9.13 Å². The van der Waals surface area contributed by atoms with E-state index < -0.39 is 0 Å². The number of rotatable bonds is 4. The highest BCUT2D eigenvalue weighted by Gasteiger charge is 2.21. The van der Waals surface area contributed by atoms with Crippen molar-refractivity contribution in [2.45, 2.75) is 0 Å². The number of nitriles is 1. The zero-order chi connectivity index (χ0) is 33.8. The van der Waals surface area contributed by atoms with Crippen LogP contribution < -0.4 is 0 Å². The van der Waals surface area contributed by atoms with Gasteiger partial charge < -0.3 is 9.13 Å². The molecule has 230 valence electrons. The monoisotopic (exact) mass is 635 g/mol. The molecule has 0 amide bonds. The highest BCUT2D eigenvalue weighted by molar-refractivity contribution is 6.13. The van der Waals surface area contributed by atoms with E-state index in [-0.39, 0.29) is 0 Å². The number of hydrogen-bond acceptors (Lipinski definition) is 1. The van der Waals surface area contributed by atoms with Gasteiger partial charge in [0.15, 0.2) is 5.69 Å². The second kappa shape index (κ2) is 11.4. The van der Waals surface area contributed by atoms with Gasteiger partial charge in [0.25, 0.3) is 0 Å². The Balaban J connectivity index is 1.25. The number of nitrogens with zero attached hydrogens (tertiary/aromatic N) is 5. The Bertz CT molecular complexity index is 2960. The Hall–Kier alpha value is -7.39. The number of benzene rings is 7. The van der Waals surface area contributed by atoms with Gasteiger partial charge in [-0.05, 0) is 76.2 Å². The molecule has 0 radical (unpaired) electrons. The minimum Gasteiger partial charge on any atom is -0.319 e. The molecule has 7 aromatic carbocycles. The minimum atomic E-state index is 0.565. The number of para-hydroxylation sites is 4. The first-order valence-electron chi connectivity index (χ1n) is 16.2. The third kappa shape index (κ3) is 4.24. The van der Waals surface area contributed by atoms with Crippen molar-refractivity contribution < 1.29 is 0 Å². The first kappa shape index (κ1) is 28.8. The van der Waals surface area contributed by atoms with Gasteiger partial charge in [-0.1, -0.05) is 103 Å². The zero-order valence-electron chi connectivity index (χ0n) is 26.7. The molecule has 5 heteroatoms. The second-order valence-corrected chi connectivity index (χ2v) is 12.2. The molecular weight excluding hydrogens is 611 g/mol. The summed E-state index contributed by atoms with van der Waals surface area (Å²) >= 11 is 0. The number of fused-ring (bicyclic) bond motifs is 6. The van der Waals surface area contributed by atoms with Gasteiger partial charge in [0.2, 0.25) is 5.69 Å². The van der Waals surface area contributed by atoms with Crippen molar-refractivity contribution in [1.29, 1.82) is 5.26 Å². The maximum Gasteiger partial charge on any atom is 0.211 e. The van der Waals surface area contributed by atoms with Gasteiger partial charge >= 0.3 is 0 Å². The maximum atomic E-state index is 9.67. The van der Waals surface area contributed by atoms with Crippen LogP contribution >= 0.6 is 0 Å². The predicted molar refractivity (Wildman–Crippen MR) is 203 cm³/mol. The van der Waals surface area contributed by atoms with Gasteiger partial charge in [-0.2, -0.15) is 5.26 Å². The van der Waals surface area contributed by atoms with Crippen LogP contribution in [0.4, 0.5) is 11.4 Å². The highest BCUT2D eigenvalue weighted by Crippen LogP contribution is 2.45. The fourth-order valence-electron chi connectivity index (χ4n) is 7.49.